The van der Waals surface area contributed by atoms with Crippen LogP contribution in [0.1, 0.15) is 26.2 Å². The predicted molar refractivity (Wildman–Crippen MR) is 76.7 cm³/mol. The maximum atomic E-state index is 8.67. The van der Waals surface area contributed by atoms with Crippen LogP contribution in [0.5, 0.6) is 0 Å². The Bertz CT molecular complexity index is 184. The third-order valence-electron chi connectivity index (χ3n) is 3.63. The Hall–Kier alpha value is 0.230. The van der Waals surface area contributed by atoms with Crippen LogP contribution in [-0.4, -0.2) is 60.8 Å². The highest BCUT2D eigenvalue weighted by molar-refractivity contribution is 7.99. The van der Waals surface area contributed by atoms with Crippen molar-refractivity contribution in [1.29, 1.82) is 0 Å². The smallest absolute Gasteiger partial charge is 0.0438 e. The molecule has 2 N–H and O–H groups in total. The molecule has 1 heterocycles. The fourth-order valence-corrected chi connectivity index (χ4v) is 3.12. The van der Waals surface area contributed by atoms with Crippen molar-refractivity contribution < 1.29 is 5.11 Å². The van der Waals surface area contributed by atoms with E-state index in [1.165, 1.54) is 25.9 Å². The van der Waals surface area contributed by atoms with Crippen LogP contribution < -0.4 is 5.32 Å². The third-order valence-corrected chi connectivity index (χ3v) is 4.70. The lowest BCUT2D eigenvalue weighted by Gasteiger charge is -2.33. The van der Waals surface area contributed by atoms with E-state index in [-0.39, 0.29) is 0 Å². The second-order valence-corrected chi connectivity index (χ2v) is 6.30. The monoisotopic (exact) mass is 260 g/mol. The van der Waals surface area contributed by atoms with E-state index >= 15 is 0 Å². The van der Waals surface area contributed by atoms with E-state index in [1.807, 2.05) is 11.8 Å². The largest absolute Gasteiger partial charge is 0.396 e. The Morgan fingerprint density at radius 1 is 1.35 bits per heavy atom. The molecule has 102 valence electrons. The maximum absolute atomic E-state index is 8.67. The first-order valence-electron chi connectivity index (χ1n) is 6.84. The van der Waals surface area contributed by atoms with E-state index in [9.17, 15) is 0 Å². The first-order valence-corrected chi connectivity index (χ1v) is 8.00. The average Bonchev–Trinajstić information content (AvgIpc) is 2.34. The molecule has 1 saturated heterocycles. The number of nitrogens with zero attached hydrogens (tertiary/aromatic N) is 1. The van der Waals surface area contributed by atoms with Crippen LogP contribution in [0.4, 0.5) is 0 Å². The van der Waals surface area contributed by atoms with Crippen molar-refractivity contribution in [2.45, 2.75) is 32.2 Å². The van der Waals surface area contributed by atoms with Gasteiger partial charge >= 0.3 is 0 Å². The van der Waals surface area contributed by atoms with Crippen molar-refractivity contribution in [3.05, 3.63) is 0 Å². The Morgan fingerprint density at radius 2 is 2.06 bits per heavy atom. The van der Waals surface area contributed by atoms with Crippen LogP contribution in [0.15, 0.2) is 0 Å². The number of nitrogens with one attached hydrogen (secondary N) is 1. The lowest BCUT2D eigenvalue weighted by Crippen LogP contribution is -2.41. The van der Waals surface area contributed by atoms with Gasteiger partial charge in [0.15, 0.2) is 0 Å². The van der Waals surface area contributed by atoms with Crippen molar-refractivity contribution in [2.75, 3.05) is 44.8 Å². The topological polar surface area (TPSA) is 35.5 Å². The molecule has 17 heavy (non-hydrogen) atoms. The molecule has 3 nitrogen and oxygen atoms in total. The zero-order chi connectivity index (χ0) is 12.5. The quantitative estimate of drug-likeness (QED) is 0.647. The fraction of sp³-hybridized carbons (Fsp3) is 1.00. The molecule has 0 aliphatic carbocycles. The summed E-state index contributed by atoms with van der Waals surface area (Å²) in [5.74, 6) is 3.10. The van der Waals surface area contributed by atoms with Crippen molar-refractivity contribution >= 4 is 11.8 Å². The number of hydrogen-bond donors (Lipinski definition) is 2. The number of hydrogen-bond acceptors (Lipinski definition) is 4. The van der Waals surface area contributed by atoms with Gasteiger partial charge < -0.3 is 15.3 Å². The number of aliphatic hydroxyl groups is 1. The number of likely N-dealkylation sites (tertiary alicyclic amines) is 1. The molecule has 4 heteroatoms. The van der Waals surface area contributed by atoms with Crippen LogP contribution in [-0.2, 0) is 0 Å². The van der Waals surface area contributed by atoms with Gasteiger partial charge in [-0.1, -0.05) is 0 Å². The molecule has 1 aliphatic rings. The predicted octanol–water partition coefficient (Wildman–Crippen LogP) is 1.42. The zero-order valence-corrected chi connectivity index (χ0v) is 12.1. The number of rotatable bonds is 8. The molecule has 1 rings (SSSR count). The van der Waals surface area contributed by atoms with Crippen molar-refractivity contribution in [3.63, 3.8) is 0 Å². The zero-order valence-electron chi connectivity index (χ0n) is 11.3. The summed E-state index contributed by atoms with van der Waals surface area (Å²) < 4.78 is 0. The van der Waals surface area contributed by atoms with Crippen LogP contribution in [0.3, 0.4) is 0 Å². The molecule has 0 spiro atoms. The van der Waals surface area contributed by atoms with Gasteiger partial charge in [-0.15, -0.1) is 0 Å². The summed E-state index contributed by atoms with van der Waals surface area (Å²) >= 11 is 1.94. The molecule has 1 aliphatic heterocycles. The van der Waals surface area contributed by atoms with Gasteiger partial charge in [-0.05, 0) is 58.0 Å². The molecule has 0 aromatic rings. The van der Waals surface area contributed by atoms with E-state index in [0.717, 1.165) is 30.4 Å². The van der Waals surface area contributed by atoms with Gasteiger partial charge in [0.25, 0.3) is 0 Å². The average molecular weight is 260 g/mol. The molecular formula is C13H28N2OS. The van der Waals surface area contributed by atoms with Crippen LogP contribution in [0.2, 0.25) is 0 Å². The first-order chi connectivity index (χ1) is 8.24. The highest BCUT2D eigenvalue weighted by atomic mass is 32.2. The summed E-state index contributed by atoms with van der Waals surface area (Å²) in [6.45, 7) is 6.26. The minimum Gasteiger partial charge on any atom is -0.396 e. The van der Waals surface area contributed by atoms with Crippen molar-refractivity contribution in [3.8, 4) is 0 Å². The summed E-state index contributed by atoms with van der Waals surface area (Å²) in [6.07, 6.45) is 3.60. The summed E-state index contributed by atoms with van der Waals surface area (Å²) in [6, 6.07) is 0.655. The van der Waals surface area contributed by atoms with Gasteiger partial charge in [0.2, 0.25) is 0 Å². The summed E-state index contributed by atoms with van der Waals surface area (Å²) in [7, 11) is 2.21. The molecule has 0 amide bonds. The molecule has 0 radical (unpaired) electrons. The fourth-order valence-electron chi connectivity index (χ4n) is 2.32. The van der Waals surface area contributed by atoms with Gasteiger partial charge in [-0.25, -0.2) is 0 Å². The number of thioether (sulfide) groups is 1. The van der Waals surface area contributed by atoms with Crippen LogP contribution >= 0.6 is 11.8 Å². The minimum atomic E-state index is 0.326. The number of piperidine rings is 1. The molecular weight excluding hydrogens is 232 g/mol. The molecule has 1 atom stereocenters. The molecule has 0 bridgehead atoms. The maximum Gasteiger partial charge on any atom is 0.0438 e. The van der Waals surface area contributed by atoms with E-state index in [1.54, 1.807) is 0 Å². The van der Waals surface area contributed by atoms with E-state index in [4.69, 9.17) is 5.11 Å². The highest BCUT2D eigenvalue weighted by Crippen LogP contribution is 2.19. The second kappa shape index (κ2) is 9.20. The van der Waals surface area contributed by atoms with E-state index < -0.39 is 0 Å². The van der Waals surface area contributed by atoms with E-state index in [0.29, 0.717) is 12.6 Å². The highest BCUT2D eigenvalue weighted by Gasteiger charge is 2.21. The third kappa shape index (κ3) is 6.65. The van der Waals surface area contributed by atoms with Crippen LogP contribution in [0.25, 0.3) is 0 Å². The molecule has 1 fully saturated rings. The Morgan fingerprint density at radius 3 is 2.71 bits per heavy atom. The standard InChI is InChI=1S/C13H28N2OS/c1-12(13-4-7-15(2)8-5-13)14-6-11-17-10-3-9-16/h12-14,16H,3-11H2,1-2H3. The summed E-state index contributed by atoms with van der Waals surface area (Å²) in [5.41, 5.74) is 0. The van der Waals surface area contributed by atoms with Gasteiger partial charge in [0, 0.05) is 24.9 Å². The lowest BCUT2D eigenvalue weighted by molar-refractivity contribution is 0.191. The van der Waals surface area contributed by atoms with Gasteiger partial charge in [-0.3, -0.25) is 0 Å². The molecule has 0 saturated carbocycles. The van der Waals surface area contributed by atoms with Crippen molar-refractivity contribution in [1.82, 2.24) is 10.2 Å². The summed E-state index contributed by atoms with van der Waals surface area (Å²) in [4.78, 5) is 2.42. The second-order valence-electron chi connectivity index (χ2n) is 5.07. The summed E-state index contributed by atoms with van der Waals surface area (Å²) in [5, 5.41) is 12.3. The SMILES string of the molecule is CC(NCCSCCCO)C1CCN(C)CC1. The normalized spacial score (nSPS) is 20.6. The van der Waals surface area contributed by atoms with Crippen LogP contribution in [0, 0.1) is 5.92 Å². The Balaban J connectivity index is 1.99. The Kier molecular flexibility index (Phi) is 8.27. The van der Waals surface area contributed by atoms with E-state index in [2.05, 4.69) is 24.2 Å². The van der Waals surface area contributed by atoms with Crippen molar-refractivity contribution in [2.24, 2.45) is 5.92 Å². The number of aliphatic hydroxyl groups excluding tert-OH is 1. The van der Waals surface area contributed by atoms with Gasteiger partial charge in [0.05, 0.1) is 0 Å². The molecule has 1 unspecified atom stereocenters. The minimum absolute atomic E-state index is 0.326. The van der Waals surface area contributed by atoms with Gasteiger partial charge in [0.1, 0.15) is 0 Å². The molecule has 0 aromatic heterocycles. The molecule has 0 aromatic carbocycles. The van der Waals surface area contributed by atoms with Gasteiger partial charge in [-0.2, -0.15) is 11.8 Å². The first kappa shape index (κ1) is 15.3. The Labute approximate surface area is 110 Å². The lowest BCUT2D eigenvalue weighted by atomic mass is 9.90.